The predicted octanol–water partition coefficient (Wildman–Crippen LogP) is 3.18. The summed E-state index contributed by atoms with van der Waals surface area (Å²) in [5.74, 6) is 0.394. The van der Waals surface area contributed by atoms with Crippen molar-refractivity contribution < 1.29 is 23.5 Å². The van der Waals surface area contributed by atoms with E-state index in [1.807, 2.05) is 24.3 Å². The van der Waals surface area contributed by atoms with E-state index in [1.54, 1.807) is 19.1 Å². The zero-order valence-corrected chi connectivity index (χ0v) is 16.0. The van der Waals surface area contributed by atoms with Gasteiger partial charge in [0.05, 0.1) is 6.61 Å². The van der Waals surface area contributed by atoms with E-state index in [-0.39, 0.29) is 24.7 Å². The Balaban J connectivity index is 1.97. The van der Waals surface area contributed by atoms with Crippen LogP contribution >= 0.6 is 12.6 Å². The van der Waals surface area contributed by atoms with Gasteiger partial charge in [-0.1, -0.05) is 24.3 Å². The van der Waals surface area contributed by atoms with E-state index in [1.165, 1.54) is 6.07 Å². The lowest BCUT2D eigenvalue weighted by molar-refractivity contribution is -0.144. The van der Waals surface area contributed by atoms with Crippen molar-refractivity contribution in [3.8, 4) is 5.75 Å². The van der Waals surface area contributed by atoms with Crippen LogP contribution in [0.15, 0.2) is 53.5 Å². The van der Waals surface area contributed by atoms with E-state index >= 15 is 0 Å². The molecular weight excluding hydrogens is 366 g/mol. The average molecular weight is 389 g/mol. The van der Waals surface area contributed by atoms with E-state index in [0.29, 0.717) is 12.2 Å². The molecule has 0 aliphatic rings. The minimum atomic E-state index is -0.837. The average Bonchev–Trinajstić information content (AvgIpc) is 3.15. The molecule has 0 radical (unpaired) electrons. The molecule has 7 heteroatoms. The van der Waals surface area contributed by atoms with Gasteiger partial charge in [0.25, 0.3) is 5.91 Å². The molecule has 0 unspecified atom stereocenters. The summed E-state index contributed by atoms with van der Waals surface area (Å²) >= 11 is 4.07. The van der Waals surface area contributed by atoms with Crippen LogP contribution in [-0.4, -0.2) is 30.3 Å². The molecule has 1 aromatic carbocycles. The summed E-state index contributed by atoms with van der Waals surface area (Å²) in [5.41, 5.74) is 1.02. The van der Waals surface area contributed by atoms with Gasteiger partial charge in [-0.05, 0) is 37.1 Å². The monoisotopic (exact) mass is 389 g/mol. The number of ether oxygens (including phenoxy) is 2. The van der Waals surface area contributed by atoms with Gasteiger partial charge in [-0.2, -0.15) is 12.6 Å². The number of para-hydroxylation sites is 1. The van der Waals surface area contributed by atoms with Crippen molar-refractivity contribution in [3.63, 3.8) is 0 Å². The number of nitrogens with one attached hydrogen (secondary N) is 1. The number of esters is 1. The molecule has 6 nitrogen and oxygen atoms in total. The highest BCUT2D eigenvalue weighted by atomic mass is 32.1. The predicted molar refractivity (Wildman–Crippen MR) is 105 cm³/mol. The molecule has 1 atom stereocenters. The Bertz CT molecular complexity index is 786. The first-order chi connectivity index (χ1) is 13.1. The van der Waals surface area contributed by atoms with E-state index in [0.717, 1.165) is 11.3 Å². The van der Waals surface area contributed by atoms with Gasteiger partial charge in [0.1, 0.15) is 24.2 Å². The van der Waals surface area contributed by atoms with Crippen LogP contribution in [0.5, 0.6) is 5.75 Å². The number of furan rings is 1. The van der Waals surface area contributed by atoms with Gasteiger partial charge in [0, 0.05) is 5.75 Å². The zero-order valence-electron chi connectivity index (χ0n) is 15.1. The van der Waals surface area contributed by atoms with Gasteiger partial charge in [-0.25, -0.2) is 4.79 Å². The number of hydrogen-bond donors (Lipinski definition) is 2. The molecule has 0 spiro atoms. The Morgan fingerprint density at radius 2 is 2.07 bits per heavy atom. The van der Waals surface area contributed by atoms with E-state index < -0.39 is 17.9 Å². The van der Waals surface area contributed by atoms with E-state index in [4.69, 9.17) is 13.9 Å². The molecule has 27 heavy (non-hydrogen) atoms. The Morgan fingerprint density at radius 1 is 1.30 bits per heavy atom. The molecule has 0 aliphatic carbocycles. The summed E-state index contributed by atoms with van der Waals surface area (Å²) in [7, 11) is 0. The first-order valence-electron chi connectivity index (χ1n) is 8.57. The van der Waals surface area contributed by atoms with Crippen LogP contribution in [0.4, 0.5) is 0 Å². The Morgan fingerprint density at radius 3 is 2.78 bits per heavy atom. The van der Waals surface area contributed by atoms with Gasteiger partial charge in [0.2, 0.25) is 0 Å². The smallest absolute Gasteiger partial charge is 0.329 e. The molecule has 1 aromatic heterocycles. The van der Waals surface area contributed by atoms with Crippen molar-refractivity contribution >= 4 is 24.5 Å². The number of thiol groups is 1. The second kappa shape index (κ2) is 10.5. The molecule has 2 rings (SSSR count). The van der Waals surface area contributed by atoms with Crippen molar-refractivity contribution in [1.29, 1.82) is 0 Å². The molecule has 0 saturated heterocycles. The van der Waals surface area contributed by atoms with Crippen LogP contribution in [0.25, 0.3) is 0 Å². The Hall–Kier alpha value is -2.67. The number of carbonyl (C=O) groups is 2. The lowest BCUT2D eigenvalue weighted by Crippen LogP contribution is -2.43. The van der Waals surface area contributed by atoms with Gasteiger partial charge in [-0.15, -0.1) is 6.58 Å². The first-order valence-corrected chi connectivity index (χ1v) is 9.21. The standard InChI is InChI=1S/C20H23NO5S/c1-3-7-14-8-5-6-9-17(14)25-12-15-10-11-18(26-15)19(22)21-16(13-27)20(23)24-4-2/h3,5-6,8-11,16,27H,1,4,7,12-13H2,2H3,(H,21,22)/t16-/m0/s1. The second-order valence-corrected chi connectivity index (χ2v) is 5.98. The summed E-state index contributed by atoms with van der Waals surface area (Å²) in [6, 6.07) is 10.0. The molecular formula is C20H23NO5S. The highest BCUT2D eigenvalue weighted by molar-refractivity contribution is 7.80. The van der Waals surface area contributed by atoms with Crippen molar-refractivity contribution in [2.24, 2.45) is 0 Å². The third kappa shape index (κ3) is 5.92. The van der Waals surface area contributed by atoms with Crippen LogP contribution in [0.2, 0.25) is 0 Å². The largest absolute Gasteiger partial charge is 0.485 e. The van der Waals surface area contributed by atoms with Gasteiger partial charge >= 0.3 is 5.97 Å². The van der Waals surface area contributed by atoms with Crippen LogP contribution in [-0.2, 0) is 22.6 Å². The SMILES string of the molecule is C=CCc1ccccc1OCc1ccc(C(=O)N[C@@H](CS)C(=O)OCC)o1. The molecule has 2 aromatic rings. The van der Waals surface area contributed by atoms with Crippen molar-refractivity contribution in [2.75, 3.05) is 12.4 Å². The summed E-state index contributed by atoms with van der Waals surface area (Å²) < 4.78 is 16.2. The summed E-state index contributed by atoms with van der Waals surface area (Å²) in [6.45, 7) is 5.84. The maximum absolute atomic E-state index is 12.3. The van der Waals surface area contributed by atoms with Crippen LogP contribution in [0, 0.1) is 0 Å². The highest BCUT2D eigenvalue weighted by Gasteiger charge is 2.22. The van der Waals surface area contributed by atoms with Crippen molar-refractivity contribution in [3.05, 3.63) is 66.1 Å². The maximum atomic E-state index is 12.3. The molecule has 144 valence electrons. The number of rotatable bonds is 10. The summed E-state index contributed by atoms with van der Waals surface area (Å²) in [4.78, 5) is 24.0. The Kier molecular flexibility index (Phi) is 8.00. The number of amides is 1. The van der Waals surface area contributed by atoms with Gasteiger partial charge in [-0.3, -0.25) is 4.79 Å². The second-order valence-electron chi connectivity index (χ2n) is 5.62. The molecule has 0 aliphatic heterocycles. The first kappa shape index (κ1) is 20.6. The fourth-order valence-electron chi connectivity index (χ4n) is 2.35. The number of allylic oxidation sites excluding steroid dienone is 1. The molecule has 0 fully saturated rings. The minimum Gasteiger partial charge on any atom is -0.485 e. The van der Waals surface area contributed by atoms with Crippen molar-refractivity contribution in [2.45, 2.75) is 26.0 Å². The lowest BCUT2D eigenvalue weighted by Gasteiger charge is -2.14. The highest BCUT2D eigenvalue weighted by Crippen LogP contribution is 2.20. The zero-order chi connectivity index (χ0) is 19.6. The quantitative estimate of drug-likeness (QED) is 0.371. The number of hydrogen-bond acceptors (Lipinski definition) is 6. The third-order valence-electron chi connectivity index (χ3n) is 3.65. The molecule has 0 bridgehead atoms. The van der Waals surface area contributed by atoms with Crippen LogP contribution in [0.1, 0.15) is 28.8 Å². The van der Waals surface area contributed by atoms with Crippen molar-refractivity contribution in [1.82, 2.24) is 5.32 Å². The maximum Gasteiger partial charge on any atom is 0.329 e. The van der Waals surface area contributed by atoms with Gasteiger partial charge < -0.3 is 19.2 Å². The number of benzene rings is 1. The lowest BCUT2D eigenvalue weighted by atomic mass is 10.1. The molecule has 1 heterocycles. The minimum absolute atomic E-state index is 0.0871. The topological polar surface area (TPSA) is 77.8 Å². The molecule has 0 saturated carbocycles. The number of carbonyl (C=O) groups excluding carboxylic acids is 2. The van der Waals surface area contributed by atoms with Gasteiger partial charge in [0.15, 0.2) is 5.76 Å². The third-order valence-corrected chi connectivity index (χ3v) is 4.02. The van der Waals surface area contributed by atoms with Crippen LogP contribution < -0.4 is 10.1 Å². The fraction of sp³-hybridized carbons (Fsp3) is 0.300. The van der Waals surface area contributed by atoms with E-state index in [9.17, 15) is 9.59 Å². The normalized spacial score (nSPS) is 11.5. The molecule has 1 N–H and O–H groups in total. The van der Waals surface area contributed by atoms with Crippen LogP contribution in [0.3, 0.4) is 0 Å². The summed E-state index contributed by atoms with van der Waals surface area (Å²) in [5, 5.41) is 2.55. The van der Waals surface area contributed by atoms with E-state index in [2.05, 4.69) is 24.5 Å². The fourth-order valence-corrected chi connectivity index (χ4v) is 2.59. The molecule has 1 amide bonds. The Labute approximate surface area is 163 Å². The summed E-state index contributed by atoms with van der Waals surface area (Å²) in [6.07, 6.45) is 2.50.